The van der Waals surface area contributed by atoms with Crippen LogP contribution in [0.1, 0.15) is 16.7 Å². The molecule has 3 aromatic carbocycles. The minimum absolute atomic E-state index is 0.0600. The van der Waals surface area contributed by atoms with Crippen LogP contribution < -0.4 is 10.1 Å². The van der Waals surface area contributed by atoms with E-state index in [4.69, 9.17) is 16.3 Å². The highest BCUT2D eigenvalue weighted by atomic mass is 35.5. The SMILES string of the molecule is Cc1cc(C)cc(OCC(=O)Nc2cccc(-c3nc4cc(Cl)c(C)cc4[nH]3)c2)c1. The van der Waals surface area contributed by atoms with E-state index in [9.17, 15) is 4.79 Å². The second-order valence-corrected chi connectivity index (χ2v) is 7.85. The molecule has 152 valence electrons. The van der Waals surface area contributed by atoms with Gasteiger partial charge >= 0.3 is 0 Å². The van der Waals surface area contributed by atoms with Gasteiger partial charge < -0.3 is 15.0 Å². The Morgan fingerprint density at radius 1 is 1.07 bits per heavy atom. The number of H-pyrrole nitrogens is 1. The predicted octanol–water partition coefficient (Wildman–Crippen LogP) is 5.83. The number of amides is 1. The van der Waals surface area contributed by atoms with Crippen LogP contribution in [0.5, 0.6) is 5.75 Å². The number of aromatic amines is 1. The molecule has 4 rings (SSSR count). The Kier molecular flexibility index (Phi) is 5.46. The summed E-state index contributed by atoms with van der Waals surface area (Å²) < 4.78 is 5.64. The first-order valence-electron chi connectivity index (χ1n) is 9.64. The lowest BCUT2D eigenvalue weighted by Gasteiger charge is -2.09. The molecule has 0 aliphatic heterocycles. The van der Waals surface area contributed by atoms with Gasteiger partial charge in [0.1, 0.15) is 11.6 Å². The van der Waals surface area contributed by atoms with Crippen molar-refractivity contribution in [3.05, 3.63) is 76.3 Å². The highest BCUT2D eigenvalue weighted by Crippen LogP contribution is 2.26. The number of rotatable bonds is 5. The smallest absolute Gasteiger partial charge is 0.262 e. The number of halogens is 1. The van der Waals surface area contributed by atoms with Gasteiger partial charge in [0.25, 0.3) is 5.91 Å². The maximum atomic E-state index is 12.3. The molecule has 0 radical (unpaired) electrons. The number of carbonyl (C=O) groups excluding carboxylic acids is 1. The highest BCUT2D eigenvalue weighted by molar-refractivity contribution is 6.32. The first-order chi connectivity index (χ1) is 14.4. The first-order valence-corrected chi connectivity index (χ1v) is 10.0. The molecule has 6 heteroatoms. The predicted molar refractivity (Wildman–Crippen MR) is 121 cm³/mol. The Labute approximate surface area is 180 Å². The zero-order valence-electron chi connectivity index (χ0n) is 17.0. The van der Waals surface area contributed by atoms with Crippen molar-refractivity contribution in [1.82, 2.24) is 9.97 Å². The number of hydrogen-bond donors (Lipinski definition) is 2. The van der Waals surface area contributed by atoms with Crippen molar-refractivity contribution >= 4 is 34.2 Å². The molecular weight excluding hydrogens is 398 g/mol. The molecule has 0 saturated carbocycles. The van der Waals surface area contributed by atoms with Crippen LogP contribution in [0, 0.1) is 20.8 Å². The van der Waals surface area contributed by atoms with Crippen molar-refractivity contribution in [3.63, 3.8) is 0 Å². The second-order valence-electron chi connectivity index (χ2n) is 7.45. The van der Waals surface area contributed by atoms with Gasteiger partial charge in [-0.1, -0.05) is 29.8 Å². The van der Waals surface area contributed by atoms with Gasteiger partial charge in [0.2, 0.25) is 0 Å². The van der Waals surface area contributed by atoms with Gasteiger partial charge in [0.15, 0.2) is 6.61 Å². The van der Waals surface area contributed by atoms with Gasteiger partial charge in [0.05, 0.1) is 11.0 Å². The zero-order valence-corrected chi connectivity index (χ0v) is 17.8. The van der Waals surface area contributed by atoms with Crippen LogP contribution in [-0.4, -0.2) is 22.5 Å². The monoisotopic (exact) mass is 419 g/mol. The molecule has 0 fully saturated rings. The quantitative estimate of drug-likeness (QED) is 0.428. The third-order valence-corrected chi connectivity index (χ3v) is 5.15. The number of aryl methyl sites for hydroxylation is 3. The number of hydrogen-bond acceptors (Lipinski definition) is 3. The van der Waals surface area contributed by atoms with Gasteiger partial charge in [-0.25, -0.2) is 4.98 Å². The number of imidazole rings is 1. The van der Waals surface area contributed by atoms with Crippen LogP contribution in [0.15, 0.2) is 54.6 Å². The number of ether oxygens (including phenoxy) is 1. The summed E-state index contributed by atoms with van der Waals surface area (Å²) in [5.74, 6) is 1.18. The Bertz CT molecular complexity index is 1190. The summed E-state index contributed by atoms with van der Waals surface area (Å²) in [5, 5.41) is 3.56. The lowest BCUT2D eigenvalue weighted by Crippen LogP contribution is -2.20. The van der Waals surface area contributed by atoms with E-state index in [1.165, 1.54) is 0 Å². The number of anilines is 1. The molecule has 2 N–H and O–H groups in total. The van der Waals surface area contributed by atoms with Crippen LogP contribution in [-0.2, 0) is 4.79 Å². The summed E-state index contributed by atoms with van der Waals surface area (Å²) in [5.41, 5.74) is 6.45. The van der Waals surface area contributed by atoms with E-state index >= 15 is 0 Å². The normalized spacial score (nSPS) is 10.9. The molecule has 0 aliphatic carbocycles. The van der Waals surface area contributed by atoms with Crippen molar-refractivity contribution in [2.75, 3.05) is 11.9 Å². The van der Waals surface area contributed by atoms with Crippen molar-refractivity contribution in [2.24, 2.45) is 0 Å². The largest absolute Gasteiger partial charge is 0.484 e. The van der Waals surface area contributed by atoms with Gasteiger partial charge in [-0.15, -0.1) is 0 Å². The molecule has 1 heterocycles. The number of benzene rings is 3. The van der Waals surface area contributed by atoms with E-state index < -0.39 is 0 Å². The molecule has 0 unspecified atom stereocenters. The number of fused-ring (bicyclic) bond motifs is 1. The number of nitrogens with one attached hydrogen (secondary N) is 2. The van der Waals surface area contributed by atoms with Gasteiger partial charge in [0, 0.05) is 16.3 Å². The molecule has 0 aliphatic rings. The van der Waals surface area contributed by atoms with Gasteiger partial charge in [-0.3, -0.25) is 4.79 Å². The summed E-state index contributed by atoms with van der Waals surface area (Å²) in [6.45, 7) is 5.89. The standard InChI is InChI=1S/C24H22ClN3O2/c1-14-7-15(2)9-19(8-14)30-13-23(29)26-18-6-4-5-17(11-18)24-27-21-10-16(3)20(25)12-22(21)28-24/h4-12H,13H2,1-3H3,(H,26,29)(H,27,28). The Morgan fingerprint density at radius 3 is 2.60 bits per heavy atom. The van der Waals surface area contributed by atoms with E-state index in [-0.39, 0.29) is 12.5 Å². The van der Waals surface area contributed by atoms with Crippen molar-refractivity contribution in [3.8, 4) is 17.1 Å². The van der Waals surface area contributed by atoms with E-state index in [1.807, 2.05) is 69.3 Å². The summed E-state index contributed by atoms with van der Waals surface area (Å²) in [6, 6.07) is 17.2. The molecule has 0 saturated heterocycles. The molecular formula is C24H22ClN3O2. The van der Waals surface area contributed by atoms with E-state index in [1.54, 1.807) is 0 Å². The lowest BCUT2D eigenvalue weighted by atomic mass is 10.1. The Morgan fingerprint density at radius 2 is 1.83 bits per heavy atom. The Balaban J connectivity index is 1.47. The third kappa shape index (κ3) is 4.47. The molecule has 1 aromatic heterocycles. The fraction of sp³-hybridized carbons (Fsp3) is 0.167. The van der Waals surface area contributed by atoms with Crippen molar-refractivity contribution in [2.45, 2.75) is 20.8 Å². The maximum Gasteiger partial charge on any atom is 0.262 e. The average molecular weight is 420 g/mol. The number of aromatic nitrogens is 2. The summed E-state index contributed by atoms with van der Waals surface area (Å²) in [6.07, 6.45) is 0. The minimum Gasteiger partial charge on any atom is -0.484 e. The van der Waals surface area contributed by atoms with Crippen molar-refractivity contribution in [1.29, 1.82) is 0 Å². The van der Waals surface area contributed by atoms with Crippen LogP contribution >= 0.6 is 11.6 Å². The molecule has 0 spiro atoms. The number of nitrogens with zero attached hydrogens (tertiary/aromatic N) is 1. The number of carbonyl (C=O) groups is 1. The average Bonchev–Trinajstić information content (AvgIpc) is 3.09. The van der Waals surface area contributed by atoms with Crippen LogP contribution in [0.4, 0.5) is 5.69 Å². The molecule has 1 amide bonds. The molecule has 4 aromatic rings. The van der Waals surface area contributed by atoms with Crippen LogP contribution in [0.3, 0.4) is 0 Å². The maximum absolute atomic E-state index is 12.3. The minimum atomic E-state index is -0.224. The summed E-state index contributed by atoms with van der Waals surface area (Å²) in [4.78, 5) is 20.3. The summed E-state index contributed by atoms with van der Waals surface area (Å²) in [7, 11) is 0. The molecule has 30 heavy (non-hydrogen) atoms. The Hall–Kier alpha value is -3.31. The van der Waals surface area contributed by atoms with Crippen molar-refractivity contribution < 1.29 is 9.53 Å². The van der Waals surface area contributed by atoms with E-state index in [2.05, 4.69) is 21.4 Å². The van der Waals surface area contributed by atoms with Crippen LogP contribution in [0.25, 0.3) is 22.4 Å². The molecule has 5 nitrogen and oxygen atoms in total. The zero-order chi connectivity index (χ0) is 21.3. The fourth-order valence-corrected chi connectivity index (χ4v) is 3.54. The van der Waals surface area contributed by atoms with Crippen LogP contribution in [0.2, 0.25) is 5.02 Å². The first kappa shape index (κ1) is 20.0. The molecule has 0 bridgehead atoms. The molecule has 0 atom stereocenters. The van der Waals surface area contributed by atoms with Gasteiger partial charge in [-0.2, -0.15) is 0 Å². The van der Waals surface area contributed by atoms with E-state index in [0.29, 0.717) is 22.3 Å². The highest BCUT2D eigenvalue weighted by Gasteiger charge is 2.10. The fourth-order valence-electron chi connectivity index (χ4n) is 3.38. The lowest BCUT2D eigenvalue weighted by molar-refractivity contribution is -0.118. The summed E-state index contributed by atoms with van der Waals surface area (Å²) >= 11 is 6.20. The third-order valence-electron chi connectivity index (χ3n) is 4.75. The van der Waals surface area contributed by atoms with Gasteiger partial charge in [-0.05, 0) is 73.9 Å². The topological polar surface area (TPSA) is 67.0 Å². The van der Waals surface area contributed by atoms with E-state index in [0.717, 1.165) is 33.3 Å². The second kappa shape index (κ2) is 8.20.